The fourth-order valence-corrected chi connectivity index (χ4v) is 5.68. The van der Waals surface area contributed by atoms with Gasteiger partial charge in [0.1, 0.15) is 18.2 Å². The van der Waals surface area contributed by atoms with Crippen LogP contribution in [0.3, 0.4) is 0 Å². The molecule has 5 rings (SSSR count). The summed E-state index contributed by atoms with van der Waals surface area (Å²) < 4.78 is 10.7. The lowest BCUT2D eigenvalue weighted by Gasteiger charge is -2.39. The van der Waals surface area contributed by atoms with Gasteiger partial charge in [0, 0.05) is 49.8 Å². The van der Waals surface area contributed by atoms with Gasteiger partial charge in [0.05, 0.1) is 12.6 Å². The molecule has 2 aliphatic heterocycles. The highest BCUT2D eigenvalue weighted by molar-refractivity contribution is 5.94. The van der Waals surface area contributed by atoms with Gasteiger partial charge in [0.2, 0.25) is 5.95 Å². The molecule has 2 aromatic carbocycles. The third kappa shape index (κ3) is 6.22. The molecule has 1 aromatic heterocycles. The average Bonchev–Trinajstić information content (AvgIpc) is 3.38. The van der Waals surface area contributed by atoms with Gasteiger partial charge in [-0.2, -0.15) is 4.98 Å². The van der Waals surface area contributed by atoms with E-state index in [1.165, 1.54) is 5.56 Å². The molecular formula is C32H41N5O3. The van der Waals surface area contributed by atoms with E-state index >= 15 is 0 Å². The monoisotopic (exact) mass is 543 g/mol. The lowest BCUT2D eigenvalue weighted by atomic mass is 9.86. The molecule has 0 bridgehead atoms. The zero-order valence-corrected chi connectivity index (χ0v) is 24.3. The molecule has 40 heavy (non-hydrogen) atoms. The number of likely N-dealkylation sites (tertiary alicyclic amines) is 1. The van der Waals surface area contributed by atoms with Crippen LogP contribution in [0.1, 0.15) is 55.1 Å². The van der Waals surface area contributed by atoms with Gasteiger partial charge in [0.25, 0.3) is 5.91 Å². The number of ether oxygens (including phenoxy) is 2. The summed E-state index contributed by atoms with van der Waals surface area (Å²) >= 11 is 0. The van der Waals surface area contributed by atoms with Gasteiger partial charge < -0.3 is 24.6 Å². The van der Waals surface area contributed by atoms with Crippen LogP contribution in [0.15, 0.2) is 54.7 Å². The van der Waals surface area contributed by atoms with Crippen molar-refractivity contribution >= 4 is 23.4 Å². The van der Waals surface area contributed by atoms with E-state index < -0.39 is 0 Å². The summed E-state index contributed by atoms with van der Waals surface area (Å²) in [5.41, 5.74) is 3.99. The predicted octanol–water partition coefficient (Wildman–Crippen LogP) is 5.59. The van der Waals surface area contributed by atoms with E-state index in [0.717, 1.165) is 60.9 Å². The minimum absolute atomic E-state index is 0.0647. The van der Waals surface area contributed by atoms with Crippen LogP contribution in [0.25, 0.3) is 0 Å². The Morgan fingerprint density at radius 3 is 2.45 bits per heavy atom. The standard InChI is InChI=1S/C32H41N5O3/c1-22-20-33-31(34-26-10-12-27(13-11-26)40-19-18-39-5)35-29(22)36-16-14-23-15-17-37(28(23)21-36)30(38)24-6-8-25(9-7-24)32(2,3)4/h6-13,20,23,28H,14-19,21H2,1-5H3,(H,33,34,35). The molecule has 3 aromatic rings. The van der Waals surface area contributed by atoms with Crippen LogP contribution in [-0.2, 0) is 10.2 Å². The van der Waals surface area contributed by atoms with E-state index in [9.17, 15) is 4.79 Å². The number of carbonyl (C=O) groups is 1. The minimum atomic E-state index is 0.0647. The molecule has 0 spiro atoms. The first-order chi connectivity index (χ1) is 19.2. The molecule has 2 aliphatic rings. The summed E-state index contributed by atoms with van der Waals surface area (Å²) in [6, 6.07) is 16.1. The number of nitrogens with zero attached hydrogens (tertiary/aromatic N) is 4. The zero-order chi connectivity index (χ0) is 28.3. The predicted molar refractivity (Wildman–Crippen MR) is 159 cm³/mol. The highest BCUT2D eigenvalue weighted by Crippen LogP contribution is 2.35. The number of hydrogen-bond acceptors (Lipinski definition) is 7. The molecule has 8 heteroatoms. The van der Waals surface area contributed by atoms with Crippen molar-refractivity contribution in [2.24, 2.45) is 5.92 Å². The molecule has 2 fully saturated rings. The number of aromatic nitrogens is 2. The summed E-state index contributed by atoms with van der Waals surface area (Å²) in [6.45, 7) is 12.2. The number of carbonyl (C=O) groups excluding carboxylic acids is 1. The third-order valence-corrected chi connectivity index (χ3v) is 8.03. The zero-order valence-electron chi connectivity index (χ0n) is 24.3. The van der Waals surface area contributed by atoms with Gasteiger partial charge in [-0.15, -0.1) is 0 Å². The number of fused-ring (bicyclic) bond motifs is 1. The SMILES string of the molecule is COCCOc1ccc(Nc2ncc(C)c(N3CCC4CCN(C(=O)c5ccc(C(C)(C)C)cc5)C4C3)n2)cc1. The maximum Gasteiger partial charge on any atom is 0.254 e. The molecule has 0 saturated carbocycles. The molecule has 0 radical (unpaired) electrons. The van der Waals surface area contributed by atoms with Crippen molar-refractivity contribution in [1.82, 2.24) is 14.9 Å². The number of rotatable bonds is 8. The number of aryl methyl sites for hydroxylation is 1. The van der Waals surface area contributed by atoms with Gasteiger partial charge in [-0.05, 0) is 73.1 Å². The number of benzene rings is 2. The van der Waals surface area contributed by atoms with Crippen molar-refractivity contribution in [3.05, 3.63) is 71.4 Å². The first-order valence-electron chi connectivity index (χ1n) is 14.2. The molecule has 3 heterocycles. The van der Waals surface area contributed by atoms with Crippen LogP contribution in [-0.4, -0.2) is 66.8 Å². The summed E-state index contributed by atoms with van der Waals surface area (Å²) in [5, 5.41) is 3.32. The van der Waals surface area contributed by atoms with Crippen LogP contribution in [0.4, 0.5) is 17.5 Å². The van der Waals surface area contributed by atoms with Gasteiger partial charge >= 0.3 is 0 Å². The molecule has 2 atom stereocenters. The van der Waals surface area contributed by atoms with Crippen LogP contribution in [0.2, 0.25) is 0 Å². The summed E-state index contributed by atoms with van der Waals surface area (Å²) in [6.07, 6.45) is 3.98. The quantitative estimate of drug-likeness (QED) is 0.371. The van der Waals surface area contributed by atoms with Gasteiger partial charge in [0.15, 0.2) is 0 Å². The number of piperidine rings is 1. The summed E-state index contributed by atoms with van der Waals surface area (Å²) in [7, 11) is 1.66. The molecule has 2 saturated heterocycles. The van der Waals surface area contributed by atoms with Crippen LogP contribution >= 0.6 is 0 Å². The Morgan fingerprint density at radius 1 is 1.02 bits per heavy atom. The van der Waals surface area contributed by atoms with E-state index in [0.29, 0.717) is 25.1 Å². The molecule has 1 amide bonds. The van der Waals surface area contributed by atoms with E-state index in [1.807, 2.05) is 49.5 Å². The number of amides is 1. The highest BCUT2D eigenvalue weighted by atomic mass is 16.5. The van der Waals surface area contributed by atoms with Crippen molar-refractivity contribution in [1.29, 1.82) is 0 Å². The number of hydrogen-bond donors (Lipinski definition) is 1. The van der Waals surface area contributed by atoms with Crippen molar-refractivity contribution in [3.63, 3.8) is 0 Å². The molecule has 2 unspecified atom stereocenters. The Labute approximate surface area is 237 Å². The Morgan fingerprint density at radius 2 is 1.75 bits per heavy atom. The van der Waals surface area contributed by atoms with E-state index in [4.69, 9.17) is 14.5 Å². The Balaban J connectivity index is 1.27. The maximum absolute atomic E-state index is 13.6. The number of anilines is 3. The van der Waals surface area contributed by atoms with Gasteiger partial charge in [-0.25, -0.2) is 4.98 Å². The van der Waals surface area contributed by atoms with Crippen molar-refractivity contribution in [2.75, 3.05) is 50.2 Å². The normalized spacial score (nSPS) is 18.9. The lowest BCUT2D eigenvalue weighted by Crippen LogP contribution is -2.50. The second-order valence-corrected chi connectivity index (χ2v) is 11.9. The second-order valence-electron chi connectivity index (χ2n) is 11.9. The van der Waals surface area contributed by atoms with Crippen molar-refractivity contribution in [2.45, 2.75) is 52.0 Å². The van der Waals surface area contributed by atoms with Crippen LogP contribution in [0.5, 0.6) is 5.75 Å². The van der Waals surface area contributed by atoms with Crippen molar-refractivity contribution < 1.29 is 14.3 Å². The first kappa shape index (κ1) is 27.9. The third-order valence-electron chi connectivity index (χ3n) is 8.03. The summed E-state index contributed by atoms with van der Waals surface area (Å²) in [4.78, 5) is 27.4. The lowest BCUT2D eigenvalue weighted by molar-refractivity contribution is 0.0712. The van der Waals surface area contributed by atoms with Gasteiger partial charge in [-0.3, -0.25) is 4.79 Å². The Kier molecular flexibility index (Phi) is 8.26. The van der Waals surface area contributed by atoms with E-state index in [1.54, 1.807) is 7.11 Å². The second kappa shape index (κ2) is 11.8. The number of methoxy groups -OCH3 is 1. The number of nitrogens with one attached hydrogen (secondary N) is 1. The Bertz CT molecular complexity index is 1300. The topological polar surface area (TPSA) is 79.8 Å². The summed E-state index contributed by atoms with van der Waals surface area (Å²) in [5.74, 6) is 2.92. The van der Waals surface area contributed by atoms with Crippen LogP contribution in [0, 0.1) is 12.8 Å². The molecular weight excluding hydrogens is 502 g/mol. The minimum Gasteiger partial charge on any atom is -0.491 e. The van der Waals surface area contributed by atoms with Crippen LogP contribution < -0.4 is 15.0 Å². The Hall–Kier alpha value is -3.65. The molecule has 8 nitrogen and oxygen atoms in total. The fourth-order valence-electron chi connectivity index (χ4n) is 5.68. The fraction of sp³-hybridized carbons (Fsp3) is 0.469. The average molecular weight is 544 g/mol. The smallest absolute Gasteiger partial charge is 0.254 e. The van der Waals surface area contributed by atoms with Crippen molar-refractivity contribution in [3.8, 4) is 5.75 Å². The highest BCUT2D eigenvalue weighted by Gasteiger charge is 2.41. The maximum atomic E-state index is 13.6. The molecule has 0 aliphatic carbocycles. The van der Waals surface area contributed by atoms with E-state index in [-0.39, 0.29) is 17.4 Å². The van der Waals surface area contributed by atoms with E-state index in [2.05, 4.69) is 53.0 Å². The largest absolute Gasteiger partial charge is 0.491 e. The molecule has 1 N–H and O–H groups in total. The van der Waals surface area contributed by atoms with Gasteiger partial charge in [-0.1, -0.05) is 32.9 Å². The first-order valence-corrected chi connectivity index (χ1v) is 14.2. The molecule has 212 valence electrons.